The highest BCUT2D eigenvalue weighted by atomic mass is 16.5. The maximum atomic E-state index is 6.54. The molecular formula is C40H38N4O. The lowest BCUT2D eigenvalue weighted by Crippen LogP contribution is -2.01. The number of pyridine rings is 1. The van der Waals surface area contributed by atoms with E-state index < -0.39 is 0 Å². The van der Waals surface area contributed by atoms with E-state index in [0.29, 0.717) is 5.92 Å². The molecule has 0 saturated heterocycles. The van der Waals surface area contributed by atoms with Gasteiger partial charge in [-0.25, -0.2) is 9.67 Å². The molecule has 45 heavy (non-hydrogen) atoms. The molecule has 0 fully saturated rings. The van der Waals surface area contributed by atoms with Crippen LogP contribution in [0.4, 0.5) is 0 Å². The lowest BCUT2D eigenvalue weighted by atomic mass is 10.0. The molecule has 0 aliphatic rings. The van der Waals surface area contributed by atoms with E-state index >= 15 is 0 Å². The van der Waals surface area contributed by atoms with Gasteiger partial charge < -0.3 is 4.74 Å². The van der Waals surface area contributed by atoms with Gasteiger partial charge in [0.1, 0.15) is 17.3 Å². The van der Waals surface area contributed by atoms with E-state index in [1.807, 2.05) is 29.1 Å². The molecule has 0 bridgehead atoms. The standard InChI is InChI=1S/C40H38N4O/c1-6-29-15-18-37-36(22-29)35-17-16-34(25-38(35)43(37)39-23-30(19-20-41-39)21-26(2)3)45-33-14-10-13-32(24-33)44-28(5)40(27(4)42-44)31-11-8-7-9-12-31/h7-20,22-26H,6,21H2,1-5H3. The molecule has 224 valence electrons. The predicted octanol–water partition coefficient (Wildman–Crippen LogP) is 10.2. The zero-order valence-electron chi connectivity index (χ0n) is 26.6. The Morgan fingerprint density at radius 2 is 1.56 bits per heavy atom. The fraction of sp³-hybridized carbons (Fsp3) is 0.200. The average molecular weight is 591 g/mol. The number of benzene rings is 4. The van der Waals surface area contributed by atoms with E-state index in [1.165, 1.54) is 27.5 Å². The number of hydrogen-bond acceptors (Lipinski definition) is 3. The molecule has 0 aliphatic heterocycles. The number of fused-ring (bicyclic) bond motifs is 3. The first kappa shape index (κ1) is 28.6. The molecule has 0 radical (unpaired) electrons. The summed E-state index contributed by atoms with van der Waals surface area (Å²) in [5.41, 5.74) is 10.2. The highest BCUT2D eigenvalue weighted by molar-refractivity contribution is 6.09. The maximum absolute atomic E-state index is 6.54. The monoisotopic (exact) mass is 590 g/mol. The third kappa shape index (κ3) is 5.40. The molecule has 7 rings (SSSR count). The van der Waals surface area contributed by atoms with Crippen LogP contribution in [0.2, 0.25) is 0 Å². The summed E-state index contributed by atoms with van der Waals surface area (Å²) in [7, 11) is 0. The third-order valence-electron chi connectivity index (χ3n) is 8.55. The van der Waals surface area contributed by atoms with Crippen molar-refractivity contribution >= 4 is 21.8 Å². The second-order valence-corrected chi connectivity index (χ2v) is 12.3. The zero-order valence-corrected chi connectivity index (χ0v) is 26.6. The molecule has 5 nitrogen and oxygen atoms in total. The summed E-state index contributed by atoms with van der Waals surface area (Å²) in [6.45, 7) is 10.9. The molecule has 3 heterocycles. The van der Waals surface area contributed by atoms with Crippen LogP contribution in [-0.2, 0) is 12.8 Å². The van der Waals surface area contributed by atoms with Crippen molar-refractivity contribution in [1.29, 1.82) is 0 Å². The Morgan fingerprint density at radius 3 is 2.36 bits per heavy atom. The van der Waals surface area contributed by atoms with Crippen molar-refractivity contribution in [1.82, 2.24) is 19.3 Å². The minimum Gasteiger partial charge on any atom is -0.457 e. The summed E-state index contributed by atoms with van der Waals surface area (Å²) in [4.78, 5) is 4.84. The van der Waals surface area contributed by atoms with Crippen molar-refractivity contribution in [2.75, 3.05) is 0 Å². The first-order valence-corrected chi connectivity index (χ1v) is 15.8. The van der Waals surface area contributed by atoms with Gasteiger partial charge in [-0.2, -0.15) is 5.10 Å². The molecule has 0 aliphatic carbocycles. The number of rotatable bonds is 8. The molecule has 4 aromatic carbocycles. The Kier molecular flexibility index (Phi) is 7.46. The zero-order chi connectivity index (χ0) is 31.1. The molecule has 0 amide bonds. The highest BCUT2D eigenvalue weighted by Crippen LogP contribution is 2.36. The minimum absolute atomic E-state index is 0.570. The van der Waals surface area contributed by atoms with E-state index in [0.717, 1.165) is 63.8 Å². The fourth-order valence-corrected chi connectivity index (χ4v) is 6.49. The Morgan fingerprint density at radius 1 is 0.733 bits per heavy atom. The molecule has 7 aromatic rings. The summed E-state index contributed by atoms with van der Waals surface area (Å²) in [5.74, 6) is 3.03. The van der Waals surface area contributed by atoms with Gasteiger partial charge in [-0.15, -0.1) is 0 Å². The van der Waals surface area contributed by atoms with Crippen molar-refractivity contribution in [3.8, 4) is 34.1 Å². The van der Waals surface area contributed by atoms with Crippen LogP contribution in [0.25, 0.3) is 44.4 Å². The maximum Gasteiger partial charge on any atom is 0.137 e. The molecule has 0 spiro atoms. The first-order valence-electron chi connectivity index (χ1n) is 15.8. The van der Waals surface area contributed by atoms with Crippen LogP contribution in [0.5, 0.6) is 11.5 Å². The van der Waals surface area contributed by atoms with Gasteiger partial charge in [0.05, 0.1) is 22.4 Å². The van der Waals surface area contributed by atoms with Gasteiger partial charge in [-0.1, -0.05) is 63.2 Å². The van der Waals surface area contributed by atoms with Crippen molar-refractivity contribution in [2.45, 2.75) is 47.5 Å². The summed E-state index contributed by atoms with van der Waals surface area (Å²) >= 11 is 0. The van der Waals surface area contributed by atoms with Crippen LogP contribution in [0.1, 0.15) is 43.3 Å². The van der Waals surface area contributed by atoms with Crippen LogP contribution in [-0.4, -0.2) is 19.3 Å². The van der Waals surface area contributed by atoms with Crippen LogP contribution in [0.15, 0.2) is 109 Å². The van der Waals surface area contributed by atoms with E-state index in [4.69, 9.17) is 14.8 Å². The van der Waals surface area contributed by atoms with Crippen molar-refractivity contribution in [3.63, 3.8) is 0 Å². The molecular weight excluding hydrogens is 552 g/mol. The van der Waals surface area contributed by atoms with Crippen LogP contribution in [0.3, 0.4) is 0 Å². The highest BCUT2D eigenvalue weighted by Gasteiger charge is 2.17. The van der Waals surface area contributed by atoms with Crippen molar-refractivity contribution < 1.29 is 4.74 Å². The molecule has 5 heteroatoms. The summed E-state index contributed by atoms with van der Waals surface area (Å²) < 4.78 is 10.8. The Labute approximate surface area is 264 Å². The number of aryl methyl sites for hydroxylation is 2. The second-order valence-electron chi connectivity index (χ2n) is 12.3. The largest absolute Gasteiger partial charge is 0.457 e. The average Bonchev–Trinajstić information content (AvgIpc) is 3.53. The number of aromatic nitrogens is 4. The van der Waals surface area contributed by atoms with Crippen molar-refractivity contribution in [2.24, 2.45) is 5.92 Å². The lowest BCUT2D eigenvalue weighted by Gasteiger charge is -2.12. The van der Waals surface area contributed by atoms with E-state index in [9.17, 15) is 0 Å². The van der Waals surface area contributed by atoms with E-state index in [-0.39, 0.29) is 0 Å². The first-order chi connectivity index (χ1) is 21.9. The van der Waals surface area contributed by atoms with E-state index in [2.05, 4.69) is 124 Å². The molecule has 0 saturated carbocycles. The topological polar surface area (TPSA) is 44.9 Å². The lowest BCUT2D eigenvalue weighted by molar-refractivity contribution is 0.483. The molecule has 0 atom stereocenters. The minimum atomic E-state index is 0.570. The van der Waals surface area contributed by atoms with Crippen LogP contribution in [0, 0.1) is 19.8 Å². The fourth-order valence-electron chi connectivity index (χ4n) is 6.49. The Hall–Kier alpha value is -5.16. The van der Waals surface area contributed by atoms with Gasteiger partial charge in [0.15, 0.2) is 0 Å². The van der Waals surface area contributed by atoms with Crippen LogP contribution < -0.4 is 4.74 Å². The van der Waals surface area contributed by atoms with E-state index in [1.54, 1.807) is 0 Å². The Balaban J connectivity index is 1.29. The van der Waals surface area contributed by atoms with Crippen LogP contribution >= 0.6 is 0 Å². The molecule has 3 aromatic heterocycles. The molecule has 0 N–H and O–H groups in total. The normalized spacial score (nSPS) is 11.6. The van der Waals surface area contributed by atoms with Gasteiger partial charge in [0.2, 0.25) is 0 Å². The van der Waals surface area contributed by atoms with Gasteiger partial charge in [-0.3, -0.25) is 4.57 Å². The van der Waals surface area contributed by atoms with Gasteiger partial charge in [0.25, 0.3) is 0 Å². The summed E-state index contributed by atoms with van der Waals surface area (Å²) in [6.07, 6.45) is 3.93. The molecule has 0 unspecified atom stereocenters. The number of ether oxygens (including phenoxy) is 1. The smallest absolute Gasteiger partial charge is 0.137 e. The number of nitrogens with zero attached hydrogens (tertiary/aromatic N) is 4. The van der Waals surface area contributed by atoms with Gasteiger partial charge in [-0.05, 0) is 97.8 Å². The summed E-state index contributed by atoms with van der Waals surface area (Å²) in [6, 6.07) is 36.1. The summed E-state index contributed by atoms with van der Waals surface area (Å²) in [5, 5.41) is 7.32. The quantitative estimate of drug-likeness (QED) is 0.177. The second kappa shape index (κ2) is 11.7. The third-order valence-corrected chi connectivity index (χ3v) is 8.55. The van der Waals surface area contributed by atoms with Gasteiger partial charge >= 0.3 is 0 Å². The van der Waals surface area contributed by atoms with Gasteiger partial charge in [0, 0.05) is 40.4 Å². The number of hydrogen-bond donors (Lipinski definition) is 0. The van der Waals surface area contributed by atoms with Crippen molar-refractivity contribution in [3.05, 3.63) is 132 Å². The SMILES string of the molecule is CCc1ccc2c(c1)c1ccc(Oc3cccc(-n4nc(C)c(-c5ccccc5)c4C)c3)cc1n2-c1cc(CC(C)C)ccn1. The predicted molar refractivity (Wildman–Crippen MR) is 185 cm³/mol. The Bertz CT molecular complexity index is 2150.